The third kappa shape index (κ3) is 2.86. The lowest BCUT2D eigenvalue weighted by Gasteiger charge is -2.59. The average molecular weight is 350 g/mol. The van der Waals surface area contributed by atoms with Gasteiger partial charge in [0.05, 0.1) is 18.3 Å². The summed E-state index contributed by atoms with van der Waals surface area (Å²) >= 11 is 0. The Balaban J connectivity index is 1.89. The zero-order valence-corrected chi connectivity index (χ0v) is 15.2. The quantitative estimate of drug-likeness (QED) is 0.411. The molecule has 1 aliphatic heterocycles. The van der Waals surface area contributed by atoms with Gasteiger partial charge in [-0.25, -0.2) is 4.79 Å². The van der Waals surface area contributed by atoms with Gasteiger partial charge >= 0.3 is 5.97 Å². The fourth-order valence-electron chi connectivity index (χ4n) is 5.56. The van der Waals surface area contributed by atoms with E-state index in [9.17, 15) is 20.1 Å². The normalized spacial score (nSPS) is 46.2. The number of aliphatic hydroxyl groups is 3. The van der Waals surface area contributed by atoms with Gasteiger partial charge in [-0.15, -0.1) is 0 Å². The smallest absolute Gasteiger partial charge is 0.336 e. The molecule has 25 heavy (non-hydrogen) atoms. The van der Waals surface area contributed by atoms with Crippen LogP contribution in [0.1, 0.15) is 46.0 Å². The van der Waals surface area contributed by atoms with E-state index < -0.39 is 23.6 Å². The second-order valence-electron chi connectivity index (χ2n) is 8.54. The summed E-state index contributed by atoms with van der Waals surface area (Å²) in [6, 6.07) is 0. The van der Waals surface area contributed by atoms with Gasteiger partial charge in [0.25, 0.3) is 0 Å². The molecule has 6 atom stereocenters. The molecule has 1 unspecified atom stereocenters. The molecular weight excluding hydrogens is 320 g/mol. The minimum Gasteiger partial charge on any atom is -0.459 e. The van der Waals surface area contributed by atoms with Crippen molar-refractivity contribution < 1.29 is 24.9 Å². The van der Waals surface area contributed by atoms with Crippen LogP contribution in [0.15, 0.2) is 23.8 Å². The number of hydrogen-bond acceptors (Lipinski definition) is 5. The number of fused-ring (bicyclic) bond motifs is 1. The van der Waals surface area contributed by atoms with Crippen molar-refractivity contribution >= 4 is 5.97 Å². The third-order valence-corrected chi connectivity index (χ3v) is 7.23. The molecule has 3 rings (SSSR count). The predicted molar refractivity (Wildman–Crippen MR) is 93.6 cm³/mol. The minimum atomic E-state index is -0.844. The Hall–Kier alpha value is -1.17. The number of hydrogen-bond donors (Lipinski definition) is 3. The summed E-state index contributed by atoms with van der Waals surface area (Å²) in [5.74, 6) is -0.0734. The van der Waals surface area contributed by atoms with Gasteiger partial charge in [0.1, 0.15) is 12.7 Å². The Labute approximate surface area is 149 Å². The molecule has 0 bridgehead atoms. The topological polar surface area (TPSA) is 87.0 Å². The highest BCUT2D eigenvalue weighted by molar-refractivity contribution is 5.91. The Morgan fingerprint density at radius 3 is 2.64 bits per heavy atom. The molecule has 0 radical (unpaired) electrons. The maximum Gasteiger partial charge on any atom is 0.336 e. The van der Waals surface area contributed by atoms with Crippen LogP contribution in [-0.4, -0.2) is 46.7 Å². The van der Waals surface area contributed by atoms with Crippen molar-refractivity contribution in [3.05, 3.63) is 23.8 Å². The summed E-state index contributed by atoms with van der Waals surface area (Å²) in [6.07, 6.45) is 4.42. The van der Waals surface area contributed by atoms with E-state index in [4.69, 9.17) is 4.74 Å². The van der Waals surface area contributed by atoms with Crippen molar-refractivity contribution in [3.63, 3.8) is 0 Å². The molecule has 2 saturated carbocycles. The van der Waals surface area contributed by atoms with Gasteiger partial charge in [0.2, 0.25) is 0 Å². The number of rotatable bonds is 3. The van der Waals surface area contributed by atoms with E-state index in [-0.39, 0.29) is 30.5 Å². The first-order valence-corrected chi connectivity index (χ1v) is 9.26. The number of allylic oxidation sites excluding steroid dienone is 2. The van der Waals surface area contributed by atoms with Crippen molar-refractivity contribution in [2.75, 3.05) is 13.2 Å². The molecule has 1 heterocycles. The predicted octanol–water partition coefficient (Wildman–Crippen LogP) is 1.96. The highest BCUT2D eigenvalue weighted by atomic mass is 16.6. The molecule has 0 aromatic carbocycles. The van der Waals surface area contributed by atoms with Crippen molar-refractivity contribution in [1.82, 2.24) is 0 Å². The van der Waals surface area contributed by atoms with E-state index in [0.29, 0.717) is 18.4 Å². The second-order valence-corrected chi connectivity index (χ2v) is 8.54. The number of carbonyl (C=O) groups is 1. The van der Waals surface area contributed by atoms with Gasteiger partial charge in [0.15, 0.2) is 0 Å². The first-order chi connectivity index (χ1) is 11.7. The molecule has 5 nitrogen and oxygen atoms in total. The van der Waals surface area contributed by atoms with Crippen molar-refractivity contribution in [2.24, 2.45) is 22.7 Å². The lowest BCUT2D eigenvalue weighted by Crippen LogP contribution is -2.57. The molecule has 2 aliphatic carbocycles. The third-order valence-electron chi connectivity index (χ3n) is 7.23. The van der Waals surface area contributed by atoms with Crippen LogP contribution in [0.25, 0.3) is 0 Å². The molecule has 0 amide bonds. The van der Waals surface area contributed by atoms with E-state index in [1.54, 1.807) is 0 Å². The average Bonchev–Trinajstić information content (AvgIpc) is 2.89. The highest BCUT2D eigenvalue weighted by Gasteiger charge is 2.57. The number of cyclic esters (lactones) is 1. The van der Waals surface area contributed by atoms with Crippen molar-refractivity contribution in [3.8, 4) is 0 Å². The molecular formula is C20H30O5. The summed E-state index contributed by atoms with van der Waals surface area (Å²) in [6.45, 7) is 8.50. The van der Waals surface area contributed by atoms with Gasteiger partial charge in [-0.2, -0.15) is 0 Å². The van der Waals surface area contributed by atoms with E-state index >= 15 is 0 Å². The molecule has 140 valence electrons. The number of esters is 1. The molecule has 0 spiro atoms. The first kappa shape index (κ1) is 18.6. The summed E-state index contributed by atoms with van der Waals surface area (Å²) in [5, 5.41) is 30.4. The van der Waals surface area contributed by atoms with Crippen LogP contribution in [0.4, 0.5) is 0 Å². The Bertz CT molecular complexity index is 597. The van der Waals surface area contributed by atoms with Gasteiger partial charge in [0, 0.05) is 5.41 Å². The number of aliphatic hydroxyl groups excluding tert-OH is 3. The molecule has 5 heteroatoms. The fraction of sp³-hybridized carbons (Fsp3) is 0.750. The SMILES string of the molecule is C=C1CC[C@@H]2[C@](C)(CO)[C@H](O)CC[C@@]2(C)[C@@H]1CC=C1C(=O)OCC1O. The number of ether oxygens (including phenoxy) is 1. The van der Waals surface area contributed by atoms with Crippen LogP contribution in [0, 0.1) is 22.7 Å². The molecule has 0 aromatic rings. The van der Waals surface area contributed by atoms with Crippen molar-refractivity contribution in [2.45, 2.75) is 58.2 Å². The van der Waals surface area contributed by atoms with Crippen LogP contribution in [0.3, 0.4) is 0 Å². The Morgan fingerprint density at radius 2 is 2.04 bits per heavy atom. The fourth-order valence-corrected chi connectivity index (χ4v) is 5.56. The second kappa shape index (κ2) is 6.53. The highest BCUT2D eigenvalue weighted by Crippen LogP contribution is 2.61. The van der Waals surface area contributed by atoms with Crippen LogP contribution in [0.2, 0.25) is 0 Å². The van der Waals surface area contributed by atoms with Gasteiger partial charge in [-0.3, -0.25) is 0 Å². The summed E-state index contributed by atoms with van der Waals surface area (Å²) in [4.78, 5) is 11.8. The van der Waals surface area contributed by atoms with Crippen LogP contribution >= 0.6 is 0 Å². The molecule has 3 aliphatic rings. The lowest BCUT2D eigenvalue weighted by atomic mass is 9.46. The van der Waals surface area contributed by atoms with Crippen LogP contribution < -0.4 is 0 Å². The summed E-state index contributed by atoms with van der Waals surface area (Å²) in [5.41, 5.74) is 0.911. The zero-order valence-electron chi connectivity index (χ0n) is 15.2. The molecule has 3 N–H and O–H groups in total. The van der Waals surface area contributed by atoms with E-state index in [1.165, 1.54) is 0 Å². The zero-order chi connectivity index (χ0) is 18.4. The lowest BCUT2D eigenvalue weighted by molar-refractivity contribution is -0.151. The molecule has 0 aromatic heterocycles. The van der Waals surface area contributed by atoms with E-state index in [2.05, 4.69) is 13.5 Å². The maximum atomic E-state index is 11.8. The Morgan fingerprint density at radius 1 is 1.32 bits per heavy atom. The monoisotopic (exact) mass is 350 g/mol. The van der Waals surface area contributed by atoms with Gasteiger partial charge in [-0.05, 0) is 49.4 Å². The maximum absolute atomic E-state index is 11.8. The minimum absolute atomic E-state index is 0.0280. The standard InChI is InChI=1S/C20H30O5/c1-12-4-7-16-19(2,9-8-17(23)20(16,3)11-21)14(12)6-5-13-15(22)10-25-18(13)24/h5,14-17,21-23H,1,4,6-11H2,2-3H3/t14-,15?,16+,17-,19+,20+/m1/s1. The van der Waals surface area contributed by atoms with Gasteiger partial charge in [-0.1, -0.05) is 32.1 Å². The first-order valence-electron chi connectivity index (χ1n) is 9.26. The summed E-state index contributed by atoms with van der Waals surface area (Å²) in [7, 11) is 0. The Kier molecular flexibility index (Phi) is 4.86. The van der Waals surface area contributed by atoms with Crippen LogP contribution in [0.5, 0.6) is 0 Å². The van der Waals surface area contributed by atoms with E-state index in [0.717, 1.165) is 24.8 Å². The van der Waals surface area contributed by atoms with Gasteiger partial charge < -0.3 is 20.1 Å². The van der Waals surface area contributed by atoms with Crippen LogP contribution in [-0.2, 0) is 9.53 Å². The molecule has 3 fully saturated rings. The number of carbonyl (C=O) groups excluding carboxylic acids is 1. The largest absolute Gasteiger partial charge is 0.459 e. The van der Waals surface area contributed by atoms with E-state index in [1.807, 2.05) is 13.0 Å². The molecule has 1 saturated heterocycles. The summed E-state index contributed by atoms with van der Waals surface area (Å²) < 4.78 is 4.90. The van der Waals surface area contributed by atoms with Crippen molar-refractivity contribution in [1.29, 1.82) is 0 Å².